The monoisotopic (exact) mass is 537 g/mol. The Hall–Kier alpha value is -2.22. The highest BCUT2D eigenvalue weighted by atomic mass is 35.5. The molecule has 2 aliphatic rings. The number of hydrogen-bond donors (Lipinski definition) is 0. The predicted molar refractivity (Wildman–Crippen MR) is 135 cm³/mol. The van der Waals surface area contributed by atoms with Crippen molar-refractivity contribution in [2.24, 2.45) is 10.6 Å². The molecule has 9 heteroatoms. The minimum absolute atomic E-state index is 0.0184. The number of alkyl halides is 3. The number of ketones is 1. The molecule has 182 valence electrons. The van der Waals surface area contributed by atoms with Gasteiger partial charge >= 0.3 is 6.18 Å². The lowest BCUT2D eigenvalue weighted by molar-refractivity contribution is -0.275. The lowest BCUT2D eigenvalue weighted by Crippen LogP contribution is -2.42. The van der Waals surface area contributed by atoms with E-state index in [2.05, 4.69) is 12.1 Å². The number of thioether (sulfide) groups is 1. The van der Waals surface area contributed by atoms with Gasteiger partial charge in [-0.3, -0.25) is 4.79 Å². The zero-order valence-electron chi connectivity index (χ0n) is 18.6. The molecule has 0 spiro atoms. The molecule has 1 fully saturated rings. The van der Waals surface area contributed by atoms with Gasteiger partial charge in [-0.1, -0.05) is 71.7 Å². The number of oxime groups is 1. The van der Waals surface area contributed by atoms with E-state index < -0.39 is 18.2 Å². The Morgan fingerprint density at radius 3 is 2.34 bits per heavy atom. The van der Waals surface area contributed by atoms with Crippen LogP contribution >= 0.6 is 35.0 Å². The smallest absolute Gasteiger partial charge is 0.374 e. The van der Waals surface area contributed by atoms with Gasteiger partial charge in [-0.2, -0.15) is 24.9 Å². The SMILES string of the molecule is CC1(CC(=O)c2cccc3c(C4=NOC(c5cc(Cl)cc(Cl)c5)(C(F)(F)F)C4)cccc23)CSC1. The minimum Gasteiger partial charge on any atom is -0.374 e. The fourth-order valence-corrected chi connectivity index (χ4v) is 6.31. The van der Waals surface area contributed by atoms with Gasteiger partial charge in [-0.15, -0.1) is 0 Å². The van der Waals surface area contributed by atoms with E-state index in [1.165, 1.54) is 18.2 Å². The Kier molecular flexibility index (Phi) is 6.09. The summed E-state index contributed by atoms with van der Waals surface area (Å²) < 4.78 is 43.2. The van der Waals surface area contributed by atoms with Crippen LogP contribution in [-0.4, -0.2) is 29.2 Å². The molecule has 1 unspecified atom stereocenters. The standard InChI is InChI=1S/C26H20Cl2F3NO2S/c1-24(13-35-14-24)12-23(33)21-7-3-4-18-19(21)5-2-6-20(18)22-11-25(34-32-22,26(29,30)31)15-8-16(27)10-17(28)9-15/h2-10H,11-14H2,1H3. The molecule has 0 amide bonds. The van der Waals surface area contributed by atoms with Gasteiger partial charge in [0.05, 0.1) is 5.71 Å². The summed E-state index contributed by atoms with van der Waals surface area (Å²) in [7, 11) is 0. The molecule has 0 saturated carbocycles. The van der Waals surface area contributed by atoms with Crippen LogP contribution in [0.1, 0.15) is 41.3 Å². The summed E-state index contributed by atoms with van der Waals surface area (Å²) in [5, 5.41) is 5.36. The van der Waals surface area contributed by atoms with Gasteiger partial charge in [-0.05, 0) is 45.9 Å². The van der Waals surface area contributed by atoms with Gasteiger partial charge in [0.25, 0.3) is 5.60 Å². The molecule has 0 aliphatic carbocycles. The second kappa shape index (κ2) is 8.71. The molecular weight excluding hydrogens is 518 g/mol. The fraction of sp³-hybridized carbons (Fsp3) is 0.308. The quantitative estimate of drug-likeness (QED) is 0.309. The summed E-state index contributed by atoms with van der Waals surface area (Å²) in [6.07, 6.45) is -4.91. The molecule has 2 aliphatic heterocycles. The number of benzene rings is 3. The van der Waals surface area contributed by atoms with Gasteiger partial charge in [0, 0.05) is 39.6 Å². The number of Topliss-reactive ketones (excluding diaryl/α,β-unsaturated/α-hetero) is 1. The van der Waals surface area contributed by atoms with Crippen LogP contribution in [0.3, 0.4) is 0 Å². The Morgan fingerprint density at radius 1 is 1.06 bits per heavy atom. The summed E-state index contributed by atoms with van der Waals surface area (Å²) in [5.41, 5.74) is -1.77. The summed E-state index contributed by atoms with van der Waals surface area (Å²) >= 11 is 13.8. The van der Waals surface area contributed by atoms with Crippen molar-refractivity contribution in [1.29, 1.82) is 0 Å². The Labute approximate surface area is 214 Å². The van der Waals surface area contributed by atoms with Gasteiger partial charge < -0.3 is 4.84 Å². The molecule has 3 aromatic rings. The summed E-state index contributed by atoms with van der Waals surface area (Å²) in [6.45, 7) is 2.10. The third-order valence-electron chi connectivity index (χ3n) is 6.54. The molecule has 3 aromatic carbocycles. The van der Waals surface area contributed by atoms with E-state index in [0.717, 1.165) is 11.5 Å². The highest BCUT2D eigenvalue weighted by Crippen LogP contribution is 2.50. The van der Waals surface area contributed by atoms with Crippen molar-refractivity contribution in [3.05, 3.63) is 81.3 Å². The maximum atomic E-state index is 14.4. The molecule has 0 radical (unpaired) electrons. The third-order valence-corrected chi connectivity index (χ3v) is 8.78. The number of nitrogens with zero attached hydrogens (tertiary/aromatic N) is 1. The number of halogens is 5. The van der Waals surface area contributed by atoms with Crippen molar-refractivity contribution >= 4 is 57.2 Å². The number of fused-ring (bicyclic) bond motifs is 1. The molecule has 0 bridgehead atoms. The Morgan fingerprint density at radius 2 is 1.71 bits per heavy atom. The molecule has 5 rings (SSSR count). The van der Waals surface area contributed by atoms with E-state index in [9.17, 15) is 18.0 Å². The highest BCUT2D eigenvalue weighted by Gasteiger charge is 2.62. The first-order chi connectivity index (χ1) is 16.5. The number of carbonyl (C=O) groups excluding carboxylic acids is 1. The summed E-state index contributed by atoms with van der Waals surface area (Å²) in [4.78, 5) is 18.3. The largest absolute Gasteiger partial charge is 0.435 e. The lowest BCUT2D eigenvalue weighted by Gasteiger charge is -2.37. The van der Waals surface area contributed by atoms with Crippen LogP contribution < -0.4 is 0 Å². The highest BCUT2D eigenvalue weighted by molar-refractivity contribution is 8.00. The van der Waals surface area contributed by atoms with Crippen molar-refractivity contribution in [2.45, 2.75) is 31.5 Å². The Balaban J connectivity index is 1.54. The van der Waals surface area contributed by atoms with Crippen LogP contribution in [0.2, 0.25) is 10.0 Å². The normalized spacial score (nSPS) is 21.4. The van der Waals surface area contributed by atoms with E-state index in [4.69, 9.17) is 28.0 Å². The van der Waals surface area contributed by atoms with Crippen LogP contribution in [-0.2, 0) is 10.4 Å². The minimum atomic E-state index is -4.78. The molecule has 0 N–H and O–H groups in total. The zero-order valence-corrected chi connectivity index (χ0v) is 20.9. The molecule has 0 aromatic heterocycles. The van der Waals surface area contributed by atoms with E-state index in [1.807, 2.05) is 17.8 Å². The lowest BCUT2D eigenvalue weighted by atomic mass is 9.83. The van der Waals surface area contributed by atoms with E-state index in [0.29, 0.717) is 28.3 Å². The number of hydrogen-bond acceptors (Lipinski definition) is 4. The number of carbonyl (C=O) groups is 1. The van der Waals surface area contributed by atoms with Crippen LogP contribution in [0.15, 0.2) is 59.8 Å². The van der Waals surface area contributed by atoms with Crippen molar-refractivity contribution < 1.29 is 22.8 Å². The summed E-state index contributed by atoms with van der Waals surface area (Å²) in [5.74, 6) is 1.91. The third kappa shape index (κ3) is 4.32. The van der Waals surface area contributed by atoms with Gasteiger partial charge in [0.2, 0.25) is 0 Å². The van der Waals surface area contributed by atoms with Crippen LogP contribution in [0.25, 0.3) is 10.8 Å². The van der Waals surface area contributed by atoms with Crippen LogP contribution in [0.5, 0.6) is 0 Å². The van der Waals surface area contributed by atoms with Gasteiger partial charge in [0.1, 0.15) is 0 Å². The second-order valence-electron chi connectivity index (χ2n) is 9.40. The van der Waals surface area contributed by atoms with Crippen molar-refractivity contribution in [2.75, 3.05) is 11.5 Å². The van der Waals surface area contributed by atoms with Gasteiger partial charge in [-0.25, -0.2) is 0 Å². The van der Waals surface area contributed by atoms with Crippen LogP contribution in [0.4, 0.5) is 13.2 Å². The molecular formula is C26H20Cl2F3NO2S. The van der Waals surface area contributed by atoms with E-state index in [1.54, 1.807) is 30.3 Å². The second-order valence-corrected chi connectivity index (χ2v) is 11.3. The summed E-state index contributed by atoms with van der Waals surface area (Å²) in [6, 6.07) is 14.3. The average Bonchev–Trinajstić information content (AvgIpc) is 3.23. The topological polar surface area (TPSA) is 38.7 Å². The van der Waals surface area contributed by atoms with Crippen molar-refractivity contribution in [1.82, 2.24) is 0 Å². The van der Waals surface area contributed by atoms with Crippen molar-refractivity contribution in [3.8, 4) is 0 Å². The van der Waals surface area contributed by atoms with Gasteiger partial charge in [0.15, 0.2) is 5.78 Å². The molecule has 3 nitrogen and oxygen atoms in total. The molecule has 2 heterocycles. The average molecular weight is 538 g/mol. The van der Waals surface area contributed by atoms with Crippen LogP contribution in [0, 0.1) is 5.41 Å². The maximum Gasteiger partial charge on any atom is 0.435 e. The molecule has 1 atom stereocenters. The van der Waals surface area contributed by atoms with E-state index >= 15 is 0 Å². The van der Waals surface area contributed by atoms with E-state index in [-0.39, 0.29) is 32.5 Å². The molecule has 1 saturated heterocycles. The Bertz CT molecular complexity index is 1350. The van der Waals surface area contributed by atoms with Crippen molar-refractivity contribution in [3.63, 3.8) is 0 Å². The first-order valence-corrected chi connectivity index (χ1v) is 12.8. The first-order valence-electron chi connectivity index (χ1n) is 10.9. The zero-order chi connectivity index (χ0) is 25.0. The number of rotatable bonds is 5. The molecule has 35 heavy (non-hydrogen) atoms. The maximum absolute atomic E-state index is 14.4. The fourth-order valence-electron chi connectivity index (χ4n) is 4.68. The predicted octanol–water partition coefficient (Wildman–Crippen LogP) is 8.05. The first kappa shape index (κ1) is 24.5.